The van der Waals surface area contributed by atoms with Crippen LogP contribution in [0.25, 0.3) is 0 Å². The van der Waals surface area contributed by atoms with Crippen LogP contribution in [0.3, 0.4) is 0 Å². The zero-order valence-corrected chi connectivity index (χ0v) is 21.0. The monoisotopic (exact) mass is 618 g/mol. The van der Waals surface area contributed by atoms with Gasteiger partial charge in [-0.3, -0.25) is 9.78 Å². The fourth-order valence-corrected chi connectivity index (χ4v) is 3.85. The number of rotatable bonds is 10. The van der Waals surface area contributed by atoms with Crippen molar-refractivity contribution in [1.82, 2.24) is 10.3 Å². The Hall–Kier alpha value is -1.49. The Labute approximate surface area is 209 Å². The van der Waals surface area contributed by atoms with Gasteiger partial charge >= 0.3 is 6.18 Å². The van der Waals surface area contributed by atoms with Crippen molar-refractivity contribution in [2.45, 2.75) is 19.0 Å². The molecule has 1 amide bonds. The number of hydrogen-bond acceptors (Lipinski definition) is 4. The highest BCUT2D eigenvalue weighted by Gasteiger charge is 2.30. The first-order valence-electron chi connectivity index (χ1n) is 9.15. The van der Waals surface area contributed by atoms with Crippen molar-refractivity contribution in [3.63, 3.8) is 0 Å². The summed E-state index contributed by atoms with van der Waals surface area (Å²) in [5.74, 6) is 0.647. The van der Waals surface area contributed by atoms with Gasteiger partial charge in [0.05, 0.1) is 21.1 Å². The van der Waals surface area contributed by atoms with E-state index in [9.17, 15) is 18.0 Å². The maximum Gasteiger partial charge on any atom is 0.417 e. The summed E-state index contributed by atoms with van der Waals surface area (Å²) in [6.07, 6.45) is -1.10. The van der Waals surface area contributed by atoms with Crippen LogP contribution in [0.4, 0.5) is 13.2 Å². The van der Waals surface area contributed by atoms with Crippen LogP contribution < -0.4 is 14.8 Å². The van der Waals surface area contributed by atoms with Gasteiger partial charge in [-0.1, -0.05) is 23.2 Å². The fourth-order valence-electron chi connectivity index (χ4n) is 2.35. The maximum atomic E-state index is 12.5. The van der Waals surface area contributed by atoms with E-state index >= 15 is 0 Å². The van der Waals surface area contributed by atoms with E-state index in [0.29, 0.717) is 52.6 Å². The first-order chi connectivity index (χ1) is 15.1. The van der Waals surface area contributed by atoms with E-state index in [-0.39, 0.29) is 16.8 Å². The average molecular weight is 621 g/mol. The molecule has 12 heteroatoms. The molecule has 0 aliphatic heterocycles. The molecule has 0 saturated heterocycles. The number of pyridine rings is 1. The molecule has 1 heterocycles. The van der Waals surface area contributed by atoms with E-state index < -0.39 is 17.6 Å². The molecule has 0 bridgehead atoms. The Bertz CT molecular complexity index is 931. The van der Waals surface area contributed by atoms with Gasteiger partial charge in [-0.05, 0) is 75.0 Å². The average Bonchev–Trinajstić information content (AvgIpc) is 2.71. The molecule has 0 fully saturated rings. The van der Waals surface area contributed by atoms with Gasteiger partial charge in [-0.2, -0.15) is 13.2 Å². The standard InChI is InChI=1S/C20H17Br2Cl2F3N2O3/c21-14-9-13(31-8-5-17(23)24)10-15(22)18(14)32-7-2-1-6-28-19(30)16-4-3-12(11-29-16)20(25,26)27/h3-5,9-11H,1-2,6-8H2,(H,28,30). The molecule has 2 rings (SSSR count). The highest BCUT2D eigenvalue weighted by molar-refractivity contribution is 9.11. The molecule has 0 aliphatic carbocycles. The SMILES string of the molecule is O=C(NCCCCOc1c(Br)cc(OCC=C(Cl)Cl)cc1Br)c1ccc(C(F)(F)F)cn1. The van der Waals surface area contributed by atoms with Crippen molar-refractivity contribution in [2.75, 3.05) is 19.8 Å². The molecule has 2 aromatic rings. The van der Waals surface area contributed by atoms with Crippen LogP contribution in [0.1, 0.15) is 28.9 Å². The van der Waals surface area contributed by atoms with Crippen LogP contribution in [-0.2, 0) is 6.18 Å². The molecular formula is C20H17Br2Cl2F3N2O3. The number of benzene rings is 1. The molecule has 0 saturated carbocycles. The number of aromatic nitrogens is 1. The van der Waals surface area contributed by atoms with Crippen LogP contribution >= 0.6 is 55.1 Å². The van der Waals surface area contributed by atoms with Gasteiger partial charge in [0.1, 0.15) is 28.3 Å². The van der Waals surface area contributed by atoms with Crippen molar-refractivity contribution < 1.29 is 27.4 Å². The number of halogens is 7. The number of hydrogen-bond donors (Lipinski definition) is 1. The van der Waals surface area contributed by atoms with Crippen molar-refractivity contribution in [2.24, 2.45) is 0 Å². The zero-order valence-electron chi connectivity index (χ0n) is 16.3. The fraction of sp³-hybridized carbons (Fsp3) is 0.300. The summed E-state index contributed by atoms with van der Waals surface area (Å²) in [6, 6.07) is 5.36. The molecule has 0 atom stereocenters. The van der Waals surface area contributed by atoms with E-state index in [1.165, 1.54) is 6.08 Å². The summed E-state index contributed by atoms with van der Waals surface area (Å²) < 4.78 is 50.4. The van der Waals surface area contributed by atoms with Gasteiger partial charge in [-0.15, -0.1) is 0 Å². The lowest BCUT2D eigenvalue weighted by molar-refractivity contribution is -0.137. The lowest BCUT2D eigenvalue weighted by atomic mass is 10.2. The molecule has 0 unspecified atom stereocenters. The van der Waals surface area contributed by atoms with Crippen molar-refractivity contribution in [3.05, 3.63) is 61.2 Å². The number of nitrogens with zero attached hydrogens (tertiary/aromatic N) is 1. The summed E-state index contributed by atoms with van der Waals surface area (Å²) in [5.41, 5.74) is -0.979. The molecule has 174 valence electrons. The number of alkyl halides is 3. The van der Waals surface area contributed by atoms with Crippen molar-refractivity contribution >= 4 is 61.0 Å². The van der Waals surface area contributed by atoms with Crippen molar-refractivity contribution in [1.29, 1.82) is 0 Å². The van der Waals surface area contributed by atoms with Crippen molar-refractivity contribution in [3.8, 4) is 11.5 Å². The second-order valence-corrected chi connectivity index (χ2v) is 8.98. The van der Waals surface area contributed by atoms with E-state index in [1.54, 1.807) is 12.1 Å². The summed E-state index contributed by atoms with van der Waals surface area (Å²) in [5, 5.41) is 2.62. The topological polar surface area (TPSA) is 60.5 Å². The second kappa shape index (κ2) is 12.7. The molecule has 0 spiro atoms. The Balaban J connectivity index is 1.73. The van der Waals surface area contributed by atoms with Crippen LogP contribution in [0.2, 0.25) is 0 Å². The number of unbranched alkanes of at least 4 members (excludes halogenated alkanes) is 1. The van der Waals surface area contributed by atoms with Crippen LogP contribution in [0, 0.1) is 0 Å². The second-order valence-electron chi connectivity index (χ2n) is 6.26. The molecular weight excluding hydrogens is 604 g/mol. The normalized spacial score (nSPS) is 11.1. The summed E-state index contributed by atoms with van der Waals surface area (Å²) in [7, 11) is 0. The van der Waals surface area contributed by atoms with Gasteiger partial charge in [0.2, 0.25) is 0 Å². The van der Waals surface area contributed by atoms with E-state index in [1.807, 2.05) is 0 Å². The van der Waals surface area contributed by atoms with Gasteiger partial charge in [0, 0.05) is 12.7 Å². The molecule has 32 heavy (non-hydrogen) atoms. The number of amides is 1. The lowest BCUT2D eigenvalue weighted by Gasteiger charge is -2.13. The van der Waals surface area contributed by atoms with Crippen LogP contribution in [-0.4, -0.2) is 30.6 Å². The maximum absolute atomic E-state index is 12.5. The Morgan fingerprint density at radius 1 is 1.12 bits per heavy atom. The van der Waals surface area contributed by atoms with Crippen LogP contribution in [0.15, 0.2) is 50.0 Å². The third kappa shape index (κ3) is 8.80. The molecule has 1 N–H and O–H groups in total. The molecule has 1 aromatic carbocycles. The lowest BCUT2D eigenvalue weighted by Crippen LogP contribution is -2.25. The third-order valence-corrected chi connectivity index (χ3v) is 5.37. The predicted molar refractivity (Wildman–Crippen MR) is 123 cm³/mol. The Kier molecular flexibility index (Phi) is 10.6. The minimum atomic E-state index is -4.49. The highest BCUT2D eigenvalue weighted by atomic mass is 79.9. The van der Waals surface area contributed by atoms with Gasteiger partial charge in [-0.25, -0.2) is 0 Å². The number of carbonyl (C=O) groups is 1. The first kappa shape index (κ1) is 26.8. The van der Waals surface area contributed by atoms with E-state index in [2.05, 4.69) is 42.2 Å². The predicted octanol–water partition coefficient (Wildman–Crippen LogP) is 6.91. The number of carbonyl (C=O) groups excluding carboxylic acids is 1. The minimum absolute atomic E-state index is 0.0757. The van der Waals surface area contributed by atoms with E-state index in [4.69, 9.17) is 32.7 Å². The molecule has 5 nitrogen and oxygen atoms in total. The van der Waals surface area contributed by atoms with E-state index in [0.717, 1.165) is 12.1 Å². The first-order valence-corrected chi connectivity index (χ1v) is 11.5. The number of ether oxygens (including phenoxy) is 2. The molecule has 1 aromatic heterocycles. The smallest absolute Gasteiger partial charge is 0.417 e. The highest BCUT2D eigenvalue weighted by Crippen LogP contribution is 2.37. The third-order valence-electron chi connectivity index (χ3n) is 3.89. The molecule has 0 radical (unpaired) electrons. The summed E-state index contributed by atoms with van der Waals surface area (Å²) >= 11 is 17.9. The van der Waals surface area contributed by atoms with Gasteiger partial charge in [0.25, 0.3) is 5.91 Å². The quantitative estimate of drug-likeness (QED) is 0.293. The van der Waals surface area contributed by atoms with Gasteiger partial charge < -0.3 is 14.8 Å². The number of nitrogens with one attached hydrogen (secondary N) is 1. The Morgan fingerprint density at radius 2 is 1.81 bits per heavy atom. The Morgan fingerprint density at radius 3 is 2.38 bits per heavy atom. The van der Waals surface area contributed by atoms with Gasteiger partial charge in [0.15, 0.2) is 0 Å². The zero-order chi connectivity index (χ0) is 23.7. The summed E-state index contributed by atoms with van der Waals surface area (Å²) in [6.45, 7) is 0.933. The summed E-state index contributed by atoms with van der Waals surface area (Å²) in [4.78, 5) is 15.5. The van der Waals surface area contributed by atoms with Crippen LogP contribution in [0.5, 0.6) is 11.5 Å². The molecule has 0 aliphatic rings. The largest absolute Gasteiger partial charge is 0.491 e. The minimum Gasteiger partial charge on any atom is -0.491 e.